The fraction of sp³-hybridized carbons (Fsp3) is 0.533. The van der Waals surface area contributed by atoms with Crippen molar-refractivity contribution in [3.8, 4) is 5.75 Å². The van der Waals surface area contributed by atoms with Gasteiger partial charge in [-0.25, -0.2) is 4.52 Å². The predicted molar refractivity (Wildman–Crippen MR) is 92.2 cm³/mol. The molecule has 0 radical (unpaired) electrons. The van der Waals surface area contributed by atoms with Crippen LogP contribution in [0.1, 0.15) is 43.1 Å². The average Bonchev–Trinajstić information content (AvgIpc) is 3.24. The zero-order valence-electron chi connectivity index (χ0n) is 14.1. The number of nitrogens with zero attached hydrogens (tertiary/aromatic N) is 6. The number of azo groups is 1. The van der Waals surface area contributed by atoms with Crippen molar-refractivity contribution in [3.05, 3.63) is 22.6 Å². The number of ether oxygens (including phenoxy) is 1. The zero-order valence-corrected chi connectivity index (χ0v) is 14.9. The average molecular weight is 347 g/mol. The van der Waals surface area contributed by atoms with Gasteiger partial charge < -0.3 is 4.74 Å². The molecule has 0 fully saturated rings. The monoisotopic (exact) mass is 347 g/mol. The van der Waals surface area contributed by atoms with Crippen molar-refractivity contribution >= 4 is 22.9 Å². The minimum absolute atomic E-state index is 0.438. The molecule has 3 aromatic heterocycles. The molecule has 0 bridgehead atoms. The number of hydrogen-bond acceptors (Lipinski definition) is 7. The third-order valence-corrected chi connectivity index (χ3v) is 4.38. The van der Waals surface area contributed by atoms with Gasteiger partial charge in [0, 0.05) is 6.42 Å². The number of aromatic nitrogens is 5. The molecule has 0 atom stereocenters. The van der Waals surface area contributed by atoms with E-state index in [-0.39, 0.29) is 0 Å². The third-order valence-electron chi connectivity index (χ3n) is 3.62. The first kappa shape index (κ1) is 16.6. The van der Waals surface area contributed by atoms with Crippen LogP contribution in [0, 0.1) is 6.92 Å². The van der Waals surface area contributed by atoms with Crippen LogP contribution in [-0.4, -0.2) is 30.8 Å². The minimum Gasteiger partial charge on any atom is -0.491 e. The number of nitrogens with one attached hydrogen (secondary N) is 1. The summed E-state index contributed by atoms with van der Waals surface area (Å²) in [6, 6.07) is 0. The van der Waals surface area contributed by atoms with Gasteiger partial charge in [-0.1, -0.05) is 13.3 Å². The second-order valence-corrected chi connectivity index (χ2v) is 6.30. The molecule has 0 aliphatic rings. The molecule has 0 amide bonds. The van der Waals surface area contributed by atoms with Crippen LogP contribution in [0.25, 0.3) is 5.65 Å². The van der Waals surface area contributed by atoms with Gasteiger partial charge in [-0.2, -0.15) is 9.49 Å². The summed E-state index contributed by atoms with van der Waals surface area (Å²) in [4.78, 5) is 0.968. The zero-order chi connectivity index (χ0) is 16.9. The topological polar surface area (TPSA) is 92.8 Å². The van der Waals surface area contributed by atoms with E-state index in [0.29, 0.717) is 13.2 Å². The van der Waals surface area contributed by atoms with E-state index in [0.717, 1.165) is 52.7 Å². The molecule has 9 heteroatoms. The molecule has 8 nitrogen and oxygen atoms in total. The standard InChI is InChI=1S/C15H21N7OS/c1-4-6-7-13-18-20-15-14(10(3)21-22(13)15)19-16-9-12-11(23-5-2)8-17-24-12/h8,21H,4-7,9H2,1-3H3. The van der Waals surface area contributed by atoms with Gasteiger partial charge in [0.1, 0.15) is 0 Å². The van der Waals surface area contributed by atoms with Crippen molar-refractivity contribution < 1.29 is 4.74 Å². The third kappa shape index (κ3) is 3.30. The van der Waals surface area contributed by atoms with Crippen LogP contribution in [0.15, 0.2) is 16.4 Å². The molecule has 0 aliphatic carbocycles. The Morgan fingerprint density at radius 1 is 1.33 bits per heavy atom. The predicted octanol–water partition coefficient (Wildman–Crippen LogP) is 3.85. The SMILES string of the molecule is CCCCc1nnc2c(N=NCc3sncc3OCC)c(C)[nH]n12. The van der Waals surface area contributed by atoms with Gasteiger partial charge in [-0.3, -0.25) is 5.10 Å². The largest absolute Gasteiger partial charge is 0.491 e. The molecular formula is C15H21N7OS. The fourth-order valence-corrected chi connectivity index (χ4v) is 2.99. The first-order valence-electron chi connectivity index (χ1n) is 8.11. The van der Waals surface area contributed by atoms with Crippen molar-refractivity contribution in [1.82, 2.24) is 24.2 Å². The van der Waals surface area contributed by atoms with Gasteiger partial charge in [-0.05, 0) is 31.8 Å². The summed E-state index contributed by atoms with van der Waals surface area (Å²) < 4.78 is 11.6. The van der Waals surface area contributed by atoms with Crippen LogP contribution < -0.4 is 4.74 Å². The number of aromatic amines is 1. The van der Waals surface area contributed by atoms with Crippen molar-refractivity contribution in [2.45, 2.75) is 46.6 Å². The molecule has 0 saturated heterocycles. The lowest BCUT2D eigenvalue weighted by Crippen LogP contribution is -1.95. The maximum atomic E-state index is 5.51. The van der Waals surface area contributed by atoms with E-state index < -0.39 is 0 Å². The van der Waals surface area contributed by atoms with Crippen LogP contribution in [0.5, 0.6) is 5.75 Å². The number of aryl methyl sites for hydroxylation is 2. The van der Waals surface area contributed by atoms with Crippen LogP contribution in [0.2, 0.25) is 0 Å². The smallest absolute Gasteiger partial charge is 0.205 e. The molecule has 0 saturated carbocycles. The maximum Gasteiger partial charge on any atom is 0.205 e. The van der Waals surface area contributed by atoms with E-state index in [2.05, 4.69) is 36.8 Å². The highest BCUT2D eigenvalue weighted by molar-refractivity contribution is 7.06. The lowest BCUT2D eigenvalue weighted by atomic mass is 10.2. The molecule has 3 aromatic rings. The van der Waals surface area contributed by atoms with E-state index in [1.165, 1.54) is 11.5 Å². The van der Waals surface area contributed by atoms with Crippen molar-refractivity contribution in [2.75, 3.05) is 6.61 Å². The van der Waals surface area contributed by atoms with Crippen molar-refractivity contribution in [2.24, 2.45) is 10.2 Å². The highest BCUT2D eigenvalue weighted by Crippen LogP contribution is 2.27. The van der Waals surface area contributed by atoms with Crippen molar-refractivity contribution in [1.29, 1.82) is 0 Å². The summed E-state index contributed by atoms with van der Waals surface area (Å²) >= 11 is 1.38. The quantitative estimate of drug-likeness (QED) is 0.626. The summed E-state index contributed by atoms with van der Waals surface area (Å²) in [5, 5.41) is 20.4. The Morgan fingerprint density at radius 2 is 2.21 bits per heavy atom. The first-order chi connectivity index (χ1) is 11.7. The Bertz CT molecular complexity index is 832. The summed E-state index contributed by atoms with van der Waals surface area (Å²) in [5.74, 6) is 1.71. The van der Waals surface area contributed by atoms with E-state index >= 15 is 0 Å². The minimum atomic E-state index is 0.438. The lowest BCUT2D eigenvalue weighted by Gasteiger charge is -1.99. The fourth-order valence-electron chi connectivity index (χ4n) is 2.40. The maximum absolute atomic E-state index is 5.51. The van der Waals surface area contributed by atoms with E-state index in [4.69, 9.17) is 4.74 Å². The number of H-pyrrole nitrogens is 1. The Kier molecular flexibility index (Phi) is 5.19. The molecule has 0 aliphatic heterocycles. The van der Waals surface area contributed by atoms with Gasteiger partial charge in [0.2, 0.25) is 5.65 Å². The van der Waals surface area contributed by atoms with Crippen LogP contribution in [-0.2, 0) is 13.0 Å². The summed E-state index contributed by atoms with van der Waals surface area (Å²) in [6.45, 7) is 7.12. The molecule has 0 unspecified atom stereocenters. The highest BCUT2D eigenvalue weighted by atomic mass is 32.1. The van der Waals surface area contributed by atoms with Gasteiger partial charge in [0.25, 0.3) is 0 Å². The summed E-state index contributed by atoms with van der Waals surface area (Å²) in [7, 11) is 0. The molecule has 0 aromatic carbocycles. The highest BCUT2D eigenvalue weighted by Gasteiger charge is 2.14. The molecule has 3 heterocycles. The number of rotatable bonds is 8. The first-order valence-corrected chi connectivity index (χ1v) is 8.88. The van der Waals surface area contributed by atoms with E-state index in [1.807, 2.05) is 18.4 Å². The molecular weight excluding hydrogens is 326 g/mol. The van der Waals surface area contributed by atoms with E-state index in [1.54, 1.807) is 6.20 Å². The second kappa shape index (κ2) is 7.52. The summed E-state index contributed by atoms with van der Waals surface area (Å²) in [5.41, 5.74) is 2.38. The molecule has 3 rings (SSSR count). The van der Waals surface area contributed by atoms with Gasteiger partial charge >= 0.3 is 0 Å². The van der Waals surface area contributed by atoms with Crippen LogP contribution >= 0.6 is 11.5 Å². The van der Waals surface area contributed by atoms with Crippen LogP contribution in [0.3, 0.4) is 0 Å². The lowest BCUT2D eigenvalue weighted by molar-refractivity contribution is 0.338. The summed E-state index contributed by atoms with van der Waals surface area (Å²) in [6.07, 6.45) is 4.82. The normalized spacial score (nSPS) is 11.8. The molecule has 0 spiro atoms. The van der Waals surface area contributed by atoms with Crippen LogP contribution in [0.4, 0.5) is 5.69 Å². The second-order valence-electron chi connectivity index (χ2n) is 5.41. The molecule has 24 heavy (non-hydrogen) atoms. The van der Waals surface area contributed by atoms with Gasteiger partial charge in [0.05, 0.1) is 29.9 Å². The Morgan fingerprint density at radius 3 is 3.00 bits per heavy atom. The Hall–Kier alpha value is -2.29. The Labute approximate surface area is 144 Å². The molecule has 1 N–H and O–H groups in total. The number of fused-ring (bicyclic) bond motifs is 1. The Balaban J connectivity index is 1.78. The van der Waals surface area contributed by atoms with Gasteiger partial charge in [0.15, 0.2) is 17.3 Å². The van der Waals surface area contributed by atoms with E-state index in [9.17, 15) is 0 Å². The van der Waals surface area contributed by atoms with Crippen molar-refractivity contribution in [3.63, 3.8) is 0 Å². The number of unbranched alkanes of at least 4 members (excludes halogenated alkanes) is 1. The number of hydrogen-bond donors (Lipinski definition) is 1. The van der Waals surface area contributed by atoms with Gasteiger partial charge in [-0.15, -0.1) is 15.3 Å². The molecule has 128 valence electrons.